The molecule has 0 radical (unpaired) electrons. The normalized spacial score (nSPS) is 14.4. The fraction of sp³-hybridized carbons (Fsp3) is 0.250. The molecule has 110 valence electrons. The van der Waals surface area contributed by atoms with E-state index >= 15 is 0 Å². The largest absolute Gasteiger partial charge is 0.396 e. The predicted octanol–water partition coefficient (Wildman–Crippen LogP) is -0.689. The number of aliphatic hydroxyl groups is 1. The lowest BCUT2D eigenvalue weighted by atomic mass is 10.2. The van der Waals surface area contributed by atoms with E-state index in [-0.39, 0.29) is 34.3 Å². The lowest BCUT2D eigenvalue weighted by molar-refractivity contribution is 0.268. The minimum absolute atomic E-state index is 0.0779. The first-order valence-electron chi connectivity index (χ1n) is 6.71. The molecule has 0 spiro atoms. The number of aliphatic hydroxyl groups excluding tert-OH is 1. The van der Waals surface area contributed by atoms with Crippen LogP contribution in [-0.4, -0.2) is 21.3 Å². The van der Waals surface area contributed by atoms with Crippen LogP contribution in [0.1, 0.15) is 12.5 Å². The summed E-state index contributed by atoms with van der Waals surface area (Å²) in [5.74, 6) is -0.194. The van der Waals surface area contributed by atoms with Crippen LogP contribution in [-0.2, 0) is 7.05 Å². The molecule has 2 rings (SSSR count). The van der Waals surface area contributed by atoms with Gasteiger partial charge in [-0.25, -0.2) is 0 Å². The van der Waals surface area contributed by atoms with E-state index in [1.807, 2.05) is 30.3 Å². The van der Waals surface area contributed by atoms with E-state index in [2.05, 4.69) is 4.98 Å². The van der Waals surface area contributed by atoms with E-state index in [4.69, 9.17) is 5.11 Å². The molecular formula is C16H18N2O3. The van der Waals surface area contributed by atoms with Crippen molar-refractivity contribution in [3.63, 3.8) is 0 Å². The van der Waals surface area contributed by atoms with Crippen molar-refractivity contribution in [2.75, 3.05) is 6.61 Å². The van der Waals surface area contributed by atoms with E-state index < -0.39 is 0 Å². The molecule has 0 saturated heterocycles. The molecule has 0 amide bonds. The first-order valence-corrected chi connectivity index (χ1v) is 6.71. The first-order chi connectivity index (χ1) is 10.0. The second-order valence-electron chi connectivity index (χ2n) is 5.00. The highest BCUT2D eigenvalue weighted by atomic mass is 16.3. The topological polar surface area (TPSA) is 75.1 Å². The molecular weight excluding hydrogens is 268 g/mol. The summed E-state index contributed by atoms with van der Waals surface area (Å²) in [5, 5.41) is 9.55. The standard InChI is InChI=1S/C16H18N2O3/c1-11(10-19)8-14-15(20)17-13(16(21)18(14)2)9-12-6-4-3-5-7-12/h3-9,11,19H,10H2,1-2H3,(H,17,20). The maximum absolute atomic E-state index is 12.3. The molecule has 0 aliphatic rings. The van der Waals surface area contributed by atoms with E-state index in [0.29, 0.717) is 0 Å². The second kappa shape index (κ2) is 6.37. The second-order valence-corrected chi connectivity index (χ2v) is 5.00. The summed E-state index contributed by atoms with van der Waals surface area (Å²) in [7, 11) is 1.55. The number of benzene rings is 1. The van der Waals surface area contributed by atoms with Crippen LogP contribution in [0.25, 0.3) is 12.2 Å². The van der Waals surface area contributed by atoms with Gasteiger partial charge in [-0.15, -0.1) is 0 Å². The molecule has 1 unspecified atom stereocenters. The van der Waals surface area contributed by atoms with Gasteiger partial charge in [-0.05, 0) is 23.6 Å². The Hall–Kier alpha value is -2.40. The van der Waals surface area contributed by atoms with Crippen LogP contribution in [0.3, 0.4) is 0 Å². The predicted molar refractivity (Wildman–Crippen MR) is 82.3 cm³/mol. The zero-order chi connectivity index (χ0) is 15.4. The summed E-state index contributed by atoms with van der Waals surface area (Å²) < 4.78 is 1.31. The van der Waals surface area contributed by atoms with Gasteiger partial charge >= 0.3 is 0 Å². The number of aromatic amines is 1. The molecule has 1 atom stereocenters. The molecule has 1 aromatic heterocycles. The van der Waals surface area contributed by atoms with Crippen molar-refractivity contribution in [1.29, 1.82) is 0 Å². The molecule has 0 aliphatic carbocycles. The highest BCUT2D eigenvalue weighted by molar-refractivity contribution is 5.47. The molecule has 0 fully saturated rings. The maximum Gasteiger partial charge on any atom is 0.274 e. The van der Waals surface area contributed by atoms with Gasteiger partial charge in [0, 0.05) is 13.7 Å². The van der Waals surface area contributed by atoms with Gasteiger partial charge in [0.15, 0.2) is 0 Å². The SMILES string of the molecule is CC(C=c1c(=O)[nH]c(=Cc2ccccc2)c(=O)n1C)CO. The molecule has 5 nitrogen and oxygen atoms in total. The Balaban J connectivity index is 2.70. The molecule has 21 heavy (non-hydrogen) atoms. The Morgan fingerprint density at radius 3 is 2.57 bits per heavy atom. The summed E-state index contributed by atoms with van der Waals surface area (Å²) in [6.07, 6.45) is 3.23. The minimum Gasteiger partial charge on any atom is -0.396 e. The third-order valence-electron chi connectivity index (χ3n) is 3.22. The highest BCUT2D eigenvalue weighted by Crippen LogP contribution is 1.97. The van der Waals surface area contributed by atoms with Gasteiger partial charge in [0.25, 0.3) is 11.1 Å². The molecule has 0 bridgehead atoms. The van der Waals surface area contributed by atoms with Crippen LogP contribution in [0.2, 0.25) is 0 Å². The molecule has 0 saturated carbocycles. The third kappa shape index (κ3) is 3.38. The van der Waals surface area contributed by atoms with Crippen molar-refractivity contribution < 1.29 is 5.11 Å². The Morgan fingerprint density at radius 1 is 1.29 bits per heavy atom. The van der Waals surface area contributed by atoms with Crippen LogP contribution in [0.15, 0.2) is 39.9 Å². The molecule has 1 aromatic carbocycles. The van der Waals surface area contributed by atoms with Gasteiger partial charge in [-0.2, -0.15) is 0 Å². The number of H-pyrrole nitrogens is 1. The Labute approximate surface area is 121 Å². The van der Waals surface area contributed by atoms with Crippen molar-refractivity contribution in [2.45, 2.75) is 6.92 Å². The van der Waals surface area contributed by atoms with Crippen LogP contribution >= 0.6 is 0 Å². The Kier molecular flexibility index (Phi) is 4.55. The van der Waals surface area contributed by atoms with Gasteiger partial charge in [-0.1, -0.05) is 37.3 Å². The zero-order valence-electron chi connectivity index (χ0n) is 12.0. The number of aromatic nitrogens is 2. The van der Waals surface area contributed by atoms with Crippen molar-refractivity contribution in [2.24, 2.45) is 13.0 Å². The number of hydrogen-bond donors (Lipinski definition) is 2. The van der Waals surface area contributed by atoms with Crippen LogP contribution < -0.4 is 21.8 Å². The van der Waals surface area contributed by atoms with E-state index in [0.717, 1.165) is 5.56 Å². The van der Waals surface area contributed by atoms with Crippen LogP contribution in [0.5, 0.6) is 0 Å². The monoisotopic (exact) mass is 286 g/mol. The quantitative estimate of drug-likeness (QED) is 0.784. The zero-order valence-corrected chi connectivity index (χ0v) is 12.0. The summed E-state index contributed by atoms with van der Waals surface area (Å²) in [6, 6.07) is 9.31. The van der Waals surface area contributed by atoms with Gasteiger partial charge in [0.1, 0.15) is 10.7 Å². The number of nitrogens with zero attached hydrogens (tertiary/aromatic N) is 1. The lowest BCUT2D eigenvalue weighted by Crippen LogP contribution is -2.52. The first kappa shape index (κ1) is 15.0. The fourth-order valence-electron chi connectivity index (χ4n) is 2.01. The summed E-state index contributed by atoms with van der Waals surface area (Å²) in [4.78, 5) is 27.0. The smallest absolute Gasteiger partial charge is 0.274 e. The lowest BCUT2D eigenvalue weighted by Gasteiger charge is -2.02. The summed E-state index contributed by atoms with van der Waals surface area (Å²) in [5.41, 5.74) is 0.208. The molecule has 2 N–H and O–H groups in total. The molecule has 2 aromatic rings. The van der Waals surface area contributed by atoms with E-state index in [1.54, 1.807) is 26.1 Å². The molecule has 0 aliphatic heterocycles. The van der Waals surface area contributed by atoms with Gasteiger partial charge in [-0.3, -0.25) is 9.59 Å². The number of hydrogen-bond acceptors (Lipinski definition) is 3. The van der Waals surface area contributed by atoms with Crippen LogP contribution in [0, 0.1) is 5.92 Å². The highest BCUT2D eigenvalue weighted by Gasteiger charge is 2.03. The van der Waals surface area contributed by atoms with Gasteiger partial charge < -0.3 is 14.7 Å². The number of rotatable bonds is 3. The average Bonchev–Trinajstić information content (AvgIpc) is 2.49. The maximum atomic E-state index is 12.3. The third-order valence-corrected chi connectivity index (χ3v) is 3.22. The molecule has 1 heterocycles. The molecule has 5 heteroatoms. The average molecular weight is 286 g/mol. The van der Waals surface area contributed by atoms with Gasteiger partial charge in [0.05, 0.1) is 0 Å². The Morgan fingerprint density at radius 2 is 1.95 bits per heavy atom. The fourth-order valence-corrected chi connectivity index (χ4v) is 2.01. The summed E-state index contributed by atoms with van der Waals surface area (Å²) >= 11 is 0. The van der Waals surface area contributed by atoms with Crippen molar-refractivity contribution >= 4 is 12.2 Å². The van der Waals surface area contributed by atoms with Crippen LogP contribution in [0.4, 0.5) is 0 Å². The van der Waals surface area contributed by atoms with Crippen molar-refractivity contribution in [1.82, 2.24) is 9.55 Å². The van der Waals surface area contributed by atoms with Gasteiger partial charge in [0.2, 0.25) is 0 Å². The van der Waals surface area contributed by atoms with Crippen molar-refractivity contribution in [3.8, 4) is 0 Å². The minimum atomic E-state index is -0.348. The number of nitrogens with one attached hydrogen (secondary N) is 1. The van der Waals surface area contributed by atoms with E-state index in [9.17, 15) is 9.59 Å². The van der Waals surface area contributed by atoms with Crippen molar-refractivity contribution in [3.05, 3.63) is 67.3 Å². The summed E-state index contributed by atoms with van der Waals surface area (Å²) in [6.45, 7) is 1.69. The van der Waals surface area contributed by atoms with E-state index in [1.165, 1.54) is 4.57 Å². The Bertz CT molecular complexity index is 848.